The lowest BCUT2D eigenvalue weighted by atomic mass is 10.1. The normalized spacial score (nSPS) is 13.9. The van der Waals surface area contributed by atoms with Crippen molar-refractivity contribution in [2.45, 2.75) is 59.0 Å². The van der Waals surface area contributed by atoms with E-state index in [-0.39, 0.29) is 12.1 Å². The number of anilines is 1. The van der Waals surface area contributed by atoms with Crippen molar-refractivity contribution in [1.82, 2.24) is 9.47 Å². The summed E-state index contributed by atoms with van der Waals surface area (Å²) in [5.41, 5.74) is 6.49. The summed E-state index contributed by atoms with van der Waals surface area (Å²) in [5, 5.41) is 3.13. The molecule has 1 aromatic heterocycles. The molecule has 0 spiro atoms. The van der Waals surface area contributed by atoms with Gasteiger partial charge < -0.3 is 19.5 Å². The third kappa shape index (κ3) is 4.52. The summed E-state index contributed by atoms with van der Waals surface area (Å²) in [6.45, 7) is 6.88. The van der Waals surface area contributed by atoms with Crippen molar-refractivity contribution in [3.63, 3.8) is 0 Å². The molecule has 1 N–H and O–H groups in total. The number of aryl methyl sites for hydroxylation is 2. The molecule has 2 amide bonds. The third-order valence-electron chi connectivity index (χ3n) is 6.51. The van der Waals surface area contributed by atoms with Crippen molar-refractivity contribution >= 4 is 11.7 Å². The van der Waals surface area contributed by atoms with E-state index in [9.17, 15) is 4.79 Å². The Morgan fingerprint density at radius 3 is 2.47 bits per heavy atom. The van der Waals surface area contributed by atoms with Crippen molar-refractivity contribution in [2.24, 2.45) is 0 Å². The van der Waals surface area contributed by atoms with Gasteiger partial charge in [-0.3, -0.25) is 0 Å². The minimum atomic E-state index is -0.0645. The van der Waals surface area contributed by atoms with Gasteiger partial charge in [0.15, 0.2) is 0 Å². The molecule has 3 aromatic rings. The van der Waals surface area contributed by atoms with Crippen LogP contribution in [0.25, 0.3) is 5.69 Å². The summed E-state index contributed by atoms with van der Waals surface area (Å²) in [4.78, 5) is 15.5. The molecule has 1 fully saturated rings. The first kappa shape index (κ1) is 22.0. The number of methoxy groups -OCH3 is 1. The topological polar surface area (TPSA) is 46.5 Å². The zero-order chi connectivity index (χ0) is 22.7. The summed E-state index contributed by atoms with van der Waals surface area (Å²) >= 11 is 0. The number of nitrogens with zero attached hydrogens (tertiary/aromatic N) is 2. The van der Waals surface area contributed by atoms with Crippen LogP contribution in [-0.2, 0) is 6.54 Å². The number of hydrogen-bond donors (Lipinski definition) is 1. The smallest absolute Gasteiger partial charge is 0.322 e. The van der Waals surface area contributed by atoms with Gasteiger partial charge in [0, 0.05) is 29.7 Å². The molecule has 1 heterocycles. The van der Waals surface area contributed by atoms with Crippen molar-refractivity contribution < 1.29 is 9.53 Å². The van der Waals surface area contributed by atoms with Crippen molar-refractivity contribution in [1.29, 1.82) is 0 Å². The van der Waals surface area contributed by atoms with Crippen LogP contribution >= 0.6 is 0 Å². The van der Waals surface area contributed by atoms with E-state index in [0.717, 1.165) is 29.8 Å². The molecule has 1 saturated carbocycles. The number of carbonyl (C=O) groups excluding carboxylic acids is 1. The van der Waals surface area contributed by atoms with E-state index < -0.39 is 0 Å². The van der Waals surface area contributed by atoms with Gasteiger partial charge in [-0.05, 0) is 75.1 Å². The molecular formula is C27H33N3O2. The Morgan fingerprint density at radius 2 is 1.78 bits per heavy atom. The number of benzene rings is 2. The Bertz CT molecular complexity index is 1080. The molecule has 0 aliphatic heterocycles. The number of ether oxygens (including phenoxy) is 1. The molecule has 0 unspecified atom stereocenters. The van der Waals surface area contributed by atoms with E-state index in [0.29, 0.717) is 12.3 Å². The van der Waals surface area contributed by atoms with Crippen molar-refractivity contribution in [3.8, 4) is 11.4 Å². The first-order valence-corrected chi connectivity index (χ1v) is 11.4. The average Bonchev–Trinajstić information content (AvgIpc) is 3.40. The molecule has 1 aliphatic rings. The lowest BCUT2D eigenvalue weighted by Gasteiger charge is -2.29. The molecule has 0 radical (unpaired) electrons. The van der Waals surface area contributed by atoms with Crippen LogP contribution in [0.4, 0.5) is 10.5 Å². The maximum Gasteiger partial charge on any atom is 0.322 e. The minimum absolute atomic E-state index is 0.0645. The second-order valence-electron chi connectivity index (χ2n) is 8.77. The molecule has 5 nitrogen and oxygen atoms in total. The van der Waals surface area contributed by atoms with Crippen LogP contribution < -0.4 is 10.1 Å². The predicted octanol–water partition coefficient (Wildman–Crippen LogP) is 6.39. The van der Waals surface area contributed by atoms with Gasteiger partial charge in [0.2, 0.25) is 0 Å². The molecule has 5 heteroatoms. The number of urea groups is 1. The highest BCUT2D eigenvalue weighted by Crippen LogP contribution is 2.30. The molecule has 32 heavy (non-hydrogen) atoms. The number of carbonyl (C=O) groups is 1. The molecule has 0 saturated heterocycles. The highest BCUT2D eigenvalue weighted by atomic mass is 16.5. The molecule has 168 valence electrons. The van der Waals surface area contributed by atoms with Gasteiger partial charge in [-0.2, -0.15) is 0 Å². The van der Waals surface area contributed by atoms with Gasteiger partial charge in [0.1, 0.15) is 5.75 Å². The van der Waals surface area contributed by atoms with Crippen LogP contribution in [0, 0.1) is 20.8 Å². The number of nitrogens with one attached hydrogen (secondary N) is 1. The molecule has 4 rings (SSSR count). The lowest BCUT2D eigenvalue weighted by Crippen LogP contribution is -2.41. The second-order valence-corrected chi connectivity index (χ2v) is 8.77. The largest absolute Gasteiger partial charge is 0.495 e. The lowest BCUT2D eigenvalue weighted by molar-refractivity contribution is 0.184. The van der Waals surface area contributed by atoms with Crippen LogP contribution in [0.15, 0.2) is 54.6 Å². The molecule has 2 aromatic carbocycles. The fourth-order valence-electron chi connectivity index (χ4n) is 4.84. The third-order valence-corrected chi connectivity index (χ3v) is 6.51. The number of hydrogen-bond acceptors (Lipinski definition) is 2. The molecule has 1 aliphatic carbocycles. The highest BCUT2D eigenvalue weighted by molar-refractivity contribution is 5.91. The number of aromatic nitrogens is 1. The highest BCUT2D eigenvalue weighted by Gasteiger charge is 2.28. The van der Waals surface area contributed by atoms with E-state index in [4.69, 9.17) is 4.74 Å². The fourth-order valence-corrected chi connectivity index (χ4v) is 4.84. The Kier molecular flexibility index (Phi) is 6.54. The zero-order valence-corrected chi connectivity index (χ0v) is 19.5. The average molecular weight is 432 g/mol. The summed E-state index contributed by atoms with van der Waals surface area (Å²) in [7, 11) is 1.63. The van der Waals surface area contributed by atoms with Crippen LogP contribution in [-0.4, -0.2) is 28.6 Å². The Hall–Kier alpha value is -3.21. The number of para-hydroxylation sites is 1. The van der Waals surface area contributed by atoms with E-state index in [1.54, 1.807) is 7.11 Å². The van der Waals surface area contributed by atoms with E-state index >= 15 is 0 Å². The van der Waals surface area contributed by atoms with Crippen molar-refractivity contribution in [2.75, 3.05) is 12.4 Å². The monoisotopic (exact) mass is 431 g/mol. The number of rotatable bonds is 6. The molecule has 0 atom stereocenters. The van der Waals surface area contributed by atoms with Crippen LogP contribution in [0.1, 0.15) is 48.2 Å². The van der Waals surface area contributed by atoms with Crippen LogP contribution in [0.5, 0.6) is 5.75 Å². The maximum atomic E-state index is 13.5. The van der Waals surface area contributed by atoms with Gasteiger partial charge in [-0.1, -0.05) is 37.1 Å². The Morgan fingerprint density at radius 1 is 1.06 bits per heavy atom. The molecular weight excluding hydrogens is 398 g/mol. The first-order valence-electron chi connectivity index (χ1n) is 11.4. The van der Waals surface area contributed by atoms with Gasteiger partial charge in [-0.25, -0.2) is 4.79 Å². The van der Waals surface area contributed by atoms with Crippen LogP contribution in [0.3, 0.4) is 0 Å². The quantitative estimate of drug-likeness (QED) is 0.492. The zero-order valence-electron chi connectivity index (χ0n) is 19.5. The summed E-state index contributed by atoms with van der Waals surface area (Å²) < 4.78 is 7.74. The Labute approximate surface area is 191 Å². The van der Waals surface area contributed by atoms with Crippen molar-refractivity contribution in [3.05, 3.63) is 77.1 Å². The van der Waals surface area contributed by atoms with E-state index in [2.05, 4.69) is 54.1 Å². The summed E-state index contributed by atoms with van der Waals surface area (Å²) in [6.07, 6.45) is 4.45. The summed E-state index contributed by atoms with van der Waals surface area (Å²) in [5.74, 6) is 0.678. The first-order chi connectivity index (χ1) is 15.5. The predicted molar refractivity (Wildman–Crippen MR) is 130 cm³/mol. The maximum absolute atomic E-state index is 13.5. The molecule has 0 bridgehead atoms. The van der Waals surface area contributed by atoms with Gasteiger partial charge in [0.05, 0.1) is 12.8 Å². The SMILES string of the molecule is COc1ccc(C)cc1NC(=O)N(Cc1cc(C)n(-c2ccccc2)c1C)C1CCCC1. The summed E-state index contributed by atoms with van der Waals surface area (Å²) in [6, 6.07) is 18.6. The second kappa shape index (κ2) is 9.51. The Balaban J connectivity index is 1.62. The van der Waals surface area contributed by atoms with E-state index in [1.807, 2.05) is 36.1 Å². The van der Waals surface area contributed by atoms with Gasteiger partial charge in [-0.15, -0.1) is 0 Å². The van der Waals surface area contributed by atoms with Gasteiger partial charge in [0.25, 0.3) is 0 Å². The standard InChI is InChI=1S/C27H33N3O2/c1-19-14-15-26(32-4)25(16-19)28-27(31)29(23-10-8-9-11-23)18-22-17-20(2)30(21(22)3)24-12-6-5-7-13-24/h5-7,12-17,23H,8-11,18H2,1-4H3,(H,28,31). The van der Waals surface area contributed by atoms with Crippen LogP contribution in [0.2, 0.25) is 0 Å². The minimum Gasteiger partial charge on any atom is -0.495 e. The van der Waals surface area contributed by atoms with Gasteiger partial charge >= 0.3 is 6.03 Å². The van der Waals surface area contributed by atoms with E-state index in [1.165, 1.54) is 29.8 Å². The fraction of sp³-hybridized carbons (Fsp3) is 0.370. The number of amides is 2.